The van der Waals surface area contributed by atoms with Gasteiger partial charge in [-0.05, 0) is 12.7 Å². The summed E-state index contributed by atoms with van der Waals surface area (Å²) in [4.78, 5) is 10.7. The number of aromatic nitrogens is 2. The smallest absolute Gasteiger partial charge is 0.133 e. The largest absolute Gasteiger partial charge is 0.355 e. The lowest BCUT2D eigenvalue weighted by atomic mass is 10.3. The highest BCUT2D eigenvalue weighted by atomic mass is 32.2. The minimum absolute atomic E-state index is 0.655. The summed E-state index contributed by atoms with van der Waals surface area (Å²) in [6.07, 6.45) is 5.99. The van der Waals surface area contributed by atoms with Gasteiger partial charge in [-0.15, -0.1) is 11.8 Å². The first kappa shape index (κ1) is 13.3. The zero-order valence-electron chi connectivity index (χ0n) is 10.0. The highest BCUT2D eigenvalue weighted by Crippen LogP contribution is 2.17. The summed E-state index contributed by atoms with van der Waals surface area (Å²) in [6, 6.07) is 2.02. The van der Waals surface area contributed by atoms with Crippen LogP contribution in [0, 0.1) is 0 Å². The molecule has 1 heterocycles. The Hall–Kier alpha value is -0.810. The zero-order chi connectivity index (χ0) is 11.8. The molecule has 0 unspecified atom stereocenters. The maximum absolute atomic E-state index is 5.62. The summed E-state index contributed by atoms with van der Waals surface area (Å²) in [6.45, 7) is 4.71. The van der Waals surface area contributed by atoms with Gasteiger partial charge >= 0.3 is 0 Å². The quantitative estimate of drug-likeness (QED) is 0.581. The van der Waals surface area contributed by atoms with Crippen LogP contribution in [0.25, 0.3) is 0 Å². The number of anilines is 1. The van der Waals surface area contributed by atoms with Crippen molar-refractivity contribution in [3.8, 4) is 0 Å². The molecule has 0 aliphatic heterocycles. The number of rotatable bonds is 7. The summed E-state index contributed by atoms with van der Waals surface area (Å²) in [5.41, 5.74) is 5.62. The first-order chi connectivity index (χ1) is 7.81. The molecule has 0 aromatic carbocycles. The molecule has 5 heteroatoms. The highest BCUT2D eigenvalue weighted by Gasteiger charge is 2.07. The van der Waals surface area contributed by atoms with Gasteiger partial charge in [-0.3, -0.25) is 0 Å². The third kappa shape index (κ3) is 3.98. The van der Waals surface area contributed by atoms with E-state index in [2.05, 4.69) is 21.8 Å². The molecule has 0 atom stereocenters. The van der Waals surface area contributed by atoms with Crippen molar-refractivity contribution in [2.75, 3.05) is 30.8 Å². The van der Waals surface area contributed by atoms with E-state index in [4.69, 9.17) is 5.73 Å². The summed E-state index contributed by atoms with van der Waals surface area (Å²) in [7, 11) is 0. The highest BCUT2D eigenvalue weighted by molar-refractivity contribution is 7.98. The average Bonchev–Trinajstić information content (AvgIpc) is 2.34. The van der Waals surface area contributed by atoms with Crippen LogP contribution in [0.1, 0.15) is 19.8 Å². The number of nitrogens with two attached hydrogens (primary N) is 1. The van der Waals surface area contributed by atoms with Crippen LogP contribution >= 0.6 is 11.8 Å². The zero-order valence-corrected chi connectivity index (χ0v) is 10.8. The topological polar surface area (TPSA) is 55.0 Å². The first-order valence-electron chi connectivity index (χ1n) is 5.62. The molecule has 1 aromatic heterocycles. The Balaban J connectivity index is 2.73. The number of hydrogen-bond acceptors (Lipinski definition) is 5. The van der Waals surface area contributed by atoms with Crippen molar-refractivity contribution in [3.05, 3.63) is 12.4 Å². The van der Waals surface area contributed by atoms with E-state index < -0.39 is 0 Å². The third-order valence-corrected chi connectivity index (χ3v) is 2.98. The molecule has 4 nitrogen and oxygen atoms in total. The van der Waals surface area contributed by atoms with Gasteiger partial charge in [-0.25, -0.2) is 9.97 Å². The fraction of sp³-hybridized carbons (Fsp3) is 0.636. The van der Waals surface area contributed by atoms with Gasteiger partial charge in [0.25, 0.3) is 0 Å². The molecule has 2 N–H and O–H groups in total. The van der Waals surface area contributed by atoms with Gasteiger partial charge in [0.05, 0.1) is 0 Å². The summed E-state index contributed by atoms with van der Waals surface area (Å²) in [5.74, 6) is 0.984. The molecule has 0 saturated heterocycles. The lowest BCUT2D eigenvalue weighted by Gasteiger charge is -2.22. The van der Waals surface area contributed by atoms with Crippen LogP contribution in [-0.4, -0.2) is 35.9 Å². The fourth-order valence-electron chi connectivity index (χ4n) is 1.46. The van der Waals surface area contributed by atoms with Crippen LogP contribution in [0.2, 0.25) is 0 Å². The minimum atomic E-state index is 0.655. The van der Waals surface area contributed by atoms with E-state index in [9.17, 15) is 0 Å². The minimum Gasteiger partial charge on any atom is -0.355 e. The Kier molecular flexibility index (Phi) is 6.18. The van der Waals surface area contributed by atoms with Gasteiger partial charge in [-0.1, -0.05) is 13.3 Å². The van der Waals surface area contributed by atoms with Gasteiger partial charge in [0.2, 0.25) is 0 Å². The molecule has 0 radical (unpaired) electrons. The molecule has 1 rings (SSSR count). The molecular formula is C11H20N4S. The van der Waals surface area contributed by atoms with E-state index >= 15 is 0 Å². The molecule has 16 heavy (non-hydrogen) atoms. The van der Waals surface area contributed by atoms with Crippen LogP contribution in [0.4, 0.5) is 5.82 Å². The Morgan fingerprint density at radius 1 is 1.38 bits per heavy atom. The van der Waals surface area contributed by atoms with Crippen molar-refractivity contribution in [1.82, 2.24) is 9.97 Å². The maximum Gasteiger partial charge on any atom is 0.133 e. The number of hydrogen-bond donors (Lipinski definition) is 1. The van der Waals surface area contributed by atoms with Gasteiger partial charge in [0.1, 0.15) is 17.2 Å². The van der Waals surface area contributed by atoms with Gasteiger partial charge in [-0.2, -0.15) is 0 Å². The van der Waals surface area contributed by atoms with Crippen molar-refractivity contribution < 1.29 is 0 Å². The van der Waals surface area contributed by atoms with E-state index in [0.717, 1.165) is 23.9 Å². The first-order valence-corrected chi connectivity index (χ1v) is 6.85. The summed E-state index contributed by atoms with van der Waals surface area (Å²) < 4.78 is 0. The van der Waals surface area contributed by atoms with E-state index in [1.165, 1.54) is 12.8 Å². The average molecular weight is 240 g/mol. The Bertz CT molecular complexity index is 306. The third-order valence-electron chi connectivity index (χ3n) is 2.34. The van der Waals surface area contributed by atoms with Gasteiger partial charge in [0, 0.05) is 25.7 Å². The standard InChI is InChI=1S/C11H20N4S/c1-3-4-6-15(7-5-12)10-8-11(16-2)14-9-13-10/h8-9H,3-7,12H2,1-2H3. The van der Waals surface area contributed by atoms with E-state index in [1.807, 2.05) is 12.3 Å². The molecule has 0 amide bonds. The molecule has 0 aliphatic rings. The van der Waals surface area contributed by atoms with E-state index in [1.54, 1.807) is 18.1 Å². The molecule has 0 fully saturated rings. The molecule has 0 aliphatic carbocycles. The number of unbranched alkanes of at least 4 members (excludes halogenated alkanes) is 1. The number of nitrogens with zero attached hydrogens (tertiary/aromatic N) is 3. The van der Waals surface area contributed by atoms with Crippen LogP contribution in [0.5, 0.6) is 0 Å². The summed E-state index contributed by atoms with van der Waals surface area (Å²) >= 11 is 1.63. The van der Waals surface area contributed by atoms with E-state index in [-0.39, 0.29) is 0 Å². The van der Waals surface area contributed by atoms with Crippen LogP contribution in [0.15, 0.2) is 17.4 Å². The monoisotopic (exact) mass is 240 g/mol. The Labute approximate surface area is 102 Å². The second kappa shape index (κ2) is 7.46. The second-order valence-electron chi connectivity index (χ2n) is 3.55. The van der Waals surface area contributed by atoms with Gasteiger partial charge < -0.3 is 10.6 Å². The van der Waals surface area contributed by atoms with Crippen LogP contribution in [-0.2, 0) is 0 Å². The number of thioether (sulfide) groups is 1. The molecular weight excluding hydrogens is 220 g/mol. The normalized spacial score (nSPS) is 10.4. The van der Waals surface area contributed by atoms with Crippen molar-refractivity contribution >= 4 is 17.6 Å². The maximum atomic E-state index is 5.62. The lowest BCUT2D eigenvalue weighted by Crippen LogP contribution is -2.31. The van der Waals surface area contributed by atoms with Crippen molar-refractivity contribution in [1.29, 1.82) is 0 Å². The molecule has 0 spiro atoms. The van der Waals surface area contributed by atoms with Crippen molar-refractivity contribution in [2.45, 2.75) is 24.8 Å². The fourth-order valence-corrected chi connectivity index (χ4v) is 1.84. The Morgan fingerprint density at radius 2 is 2.19 bits per heavy atom. The molecule has 0 saturated carbocycles. The Morgan fingerprint density at radius 3 is 2.81 bits per heavy atom. The second-order valence-corrected chi connectivity index (χ2v) is 4.37. The predicted octanol–water partition coefficient (Wildman–Crippen LogP) is 1.76. The molecule has 90 valence electrons. The molecule has 1 aromatic rings. The van der Waals surface area contributed by atoms with E-state index in [0.29, 0.717) is 6.54 Å². The van der Waals surface area contributed by atoms with Crippen molar-refractivity contribution in [2.24, 2.45) is 5.73 Å². The van der Waals surface area contributed by atoms with Crippen molar-refractivity contribution in [3.63, 3.8) is 0 Å². The summed E-state index contributed by atoms with van der Waals surface area (Å²) in [5, 5.41) is 1.00. The van der Waals surface area contributed by atoms with Crippen LogP contribution in [0.3, 0.4) is 0 Å². The molecule has 0 bridgehead atoms. The van der Waals surface area contributed by atoms with Gasteiger partial charge in [0.15, 0.2) is 0 Å². The van der Waals surface area contributed by atoms with Crippen LogP contribution < -0.4 is 10.6 Å². The SMILES string of the molecule is CCCCN(CCN)c1cc(SC)ncn1. The predicted molar refractivity (Wildman–Crippen MR) is 70.0 cm³/mol. The lowest BCUT2D eigenvalue weighted by molar-refractivity contribution is 0.704.